The van der Waals surface area contributed by atoms with Gasteiger partial charge in [0.25, 0.3) is 0 Å². The van der Waals surface area contributed by atoms with E-state index in [1.165, 1.54) is 11.1 Å². The Kier molecular flexibility index (Phi) is 4.03. The summed E-state index contributed by atoms with van der Waals surface area (Å²) in [6, 6.07) is 7.95. The Morgan fingerprint density at radius 1 is 1.19 bits per heavy atom. The molecule has 132 valence electrons. The van der Waals surface area contributed by atoms with Crippen LogP contribution < -0.4 is 5.32 Å². The molecule has 7 nitrogen and oxygen atoms in total. The molecule has 3 aliphatic rings. The summed E-state index contributed by atoms with van der Waals surface area (Å²) in [6.07, 6.45) is 5.28. The number of carbonyl (C=O) groups is 3. The van der Waals surface area contributed by atoms with Crippen LogP contribution in [0.3, 0.4) is 0 Å². The van der Waals surface area contributed by atoms with Crippen LogP contribution in [0.2, 0.25) is 0 Å². The molecule has 0 aromatic heterocycles. The predicted octanol–water partition coefficient (Wildman–Crippen LogP) is 2.14. The second-order valence-electron chi connectivity index (χ2n) is 7.13. The fraction of sp³-hybridized carbons (Fsp3) is 0.421. The van der Waals surface area contributed by atoms with Gasteiger partial charge in [0.15, 0.2) is 5.92 Å². The number of urea groups is 1. The molecule has 1 N–H and O–H groups in total. The van der Waals surface area contributed by atoms with Gasteiger partial charge in [0, 0.05) is 12.3 Å². The van der Waals surface area contributed by atoms with Crippen LogP contribution in [0.25, 0.3) is 0 Å². The molecule has 1 heterocycles. The number of aliphatic imine (C=N–C) groups is 1. The number of amides is 4. The third-order valence-electron chi connectivity index (χ3n) is 5.65. The van der Waals surface area contributed by atoms with Crippen molar-refractivity contribution in [3.63, 3.8) is 0 Å². The monoisotopic (exact) mass is 350 g/mol. The summed E-state index contributed by atoms with van der Waals surface area (Å²) >= 11 is 0. The van der Waals surface area contributed by atoms with Crippen molar-refractivity contribution in [1.29, 1.82) is 5.26 Å². The fourth-order valence-corrected chi connectivity index (χ4v) is 4.41. The number of benzene rings is 1. The van der Waals surface area contributed by atoms with Crippen LogP contribution in [0.4, 0.5) is 10.5 Å². The molecule has 2 saturated carbocycles. The number of nitrogens with zero attached hydrogens (tertiary/aromatic N) is 3. The topological polar surface area (TPSA) is 103 Å². The van der Waals surface area contributed by atoms with E-state index in [4.69, 9.17) is 5.26 Å². The molecule has 4 rings (SSSR count). The molecule has 4 atom stereocenters. The first kappa shape index (κ1) is 16.5. The first-order valence-electron chi connectivity index (χ1n) is 8.79. The van der Waals surface area contributed by atoms with Gasteiger partial charge in [0.2, 0.25) is 11.8 Å². The molecule has 0 spiro atoms. The van der Waals surface area contributed by atoms with Gasteiger partial charge in [-0.3, -0.25) is 24.8 Å². The van der Waals surface area contributed by atoms with Crippen LogP contribution in [0.5, 0.6) is 0 Å². The van der Waals surface area contributed by atoms with E-state index < -0.39 is 23.8 Å². The quantitative estimate of drug-likeness (QED) is 0.666. The summed E-state index contributed by atoms with van der Waals surface area (Å²) in [5, 5.41) is 11.4. The number of carbonyl (C=O) groups excluding carboxylic acids is 3. The Labute approximate surface area is 150 Å². The van der Waals surface area contributed by atoms with Crippen LogP contribution in [0.1, 0.15) is 31.2 Å². The van der Waals surface area contributed by atoms with Gasteiger partial charge in [-0.15, -0.1) is 0 Å². The molecule has 26 heavy (non-hydrogen) atoms. The molecule has 1 aliphatic heterocycles. The molecule has 4 amide bonds. The fourth-order valence-electron chi connectivity index (χ4n) is 4.41. The lowest BCUT2D eigenvalue weighted by Crippen LogP contribution is -2.62. The Hall–Kier alpha value is -3.01. The van der Waals surface area contributed by atoms with Crippen LogP contribution in [-0.4, -0.2) is 35.0 Å². The van der Waals surface area contributed by atoms with Crippen molar-refractivity contribution in [2.24, 2.45) is 22.7 Å². The highest BCUT2D eigenvalue weighted by molar-refractivity contribution is 6.23. The Balaban J connectivity index is 1.59. The number of imide groups is 2. The van der Waals surface area contributed by atoms with Crippen molar-refractivity contribution in [1.82, 2.24) is 10.2 Å². The zero-order valence-corrected chi connectivity index (χ0v) is 14.1. The van der Waals surface area contributed by atoms with Crippen molar-refractivity contribution >= 4 is 29.7 Å². The minimum atomic E-state index is -1.15. The van der Waals surface area contributed by atoms with Gasteiger partial charge < -0.3 is 0 Å². The zero-order chi connectivity index (χ0) is 18.3. The van der Waals surface area contributed by atoms with Crippen LogP contribution in [0, 0.1) is 29.1 Å². The number of rotatable bonds is 3. The summed E-state index contributed by atoms with van der Waals surface area (Å²) in [6.45, 7) is 0. The Bertz CT molecular complexity index is 857. The number of hydrogen-bond acceptors (Lipinski definition) is 5. The van der Waals surface area contributed by atoms with Gasteiger partial charge in [0.1, 0.15) is 6.07 Å². The minimum Gasteiger partial charge on any atom is -0.277 e. The Morgan fingerprint density at radius 2 is 2.00 bits per heavy atom. The molecular formula is C19H18N4O3. The lowest BCUT2D eigenvalue weighted by Gasteiger charge is -2.36. The van der Waals surface area contributed by atoms with E-state index in [0.717, 1.165) is 25.7 Å². The summed E-state index contributed by atoms with van der Waals surface area (Å²) in [4.78, 5) is 42.7. The lowest BCUT2D eigenvalue weighted by atomic mass is 9.92. The highest BCUT2D eigenvalue weighted by atomic mass is 16.2. The highest BCUT2D eigenvalue weighted by Gasteiger charge is 2.50. The Morgan fingerprint density at radius 3 is 2.69 bits per heavy atom. The summed E-state index contributed by atoms with van der Waals surface area (Å²) in [5.41, 5.74) is 0.743. The molecule has 1 aromatic carbocycles. The van der Waals surface area contributed by atoms with E-state index in [2.05, 4.69) is 10.3 Å². The molecule has 7 heteroatoms. The first-order valence-corrected chi connectivity index (χ1v) is 8.79. The van der Waals surface area contributed by atoms with E-state index in [-0.39, 0.29) is 6.04 Å². The third-order valence-corrected chi connectivity index (χ3v) is 5.65. The second kappa shape index (κ2) is 6.37. The van der Waals surface area contributed by atoms with Crippen molar-refractivity contribution in [2.75, 3.05) is 0 Å². The van der Waals surface area contributed by atoms with E-state index in [1.807, 2.05) is 6.07 Å². The first-order chi connectivity index (χ1) is 12.6. The SMILES string of the molecule is N#Cc1ccccc1N=C[C@H]1C(=O)NC(=O)N([C@@H]2C[C@H]3CC[C@H]2C3)C1=O. The van der Waals surface area contributed by atoms with E-state index in [9.17, 15) is 14.4 Å². The van der Waals surface area contributed by atoms with Crippen molar-refractivity contribution in [2.45, 2.75) is 31.7 Å². The number of nitrogens with one attached hydrogen (secondary N) is 1. The maximum atomic E-state index is 12.9. The van der Waals surface area contributed by atoms with Gasteiger partial charge in [0.05, 0.1) is 11.3 Å². The minimum absolute atomic E-state index is 0.128. The van der Waals surface area contributed by atoms with E-state index >= 15 is 0 Å². The van der Waals surface area contributed by atoms with E-state index in [1.54, 1.807) is 24.3 Å². The number of nitriles is 1. The summed E-state index contributed by atoms with van der Waals surface area (Å²) in [7, 11) is 0. The van der Waals surface area contributed by atoms with Gasteiger partial charge in [-0.05, 0) is 43.2 Å². The number of para-hydroxylation sites is 1. The largest absolute Gasteiger partial charge is 0.331 e. The molecule has 2 bridgehead atoms. The molecule has 0 radical (unpaired) electrons. The molecule has 0 unspecified atom stereocenters. The number of hydrogen-bond donors (Lipinski definition) is 1. The molecule has 2 aliphatic carbocycles. The highest BCUT2D eigenvalue weighted by Crippen LogP contribution is 2.47. The molecular weight excluding hydrogens is 332 g/mol. The van der Waals surface area contributed by atoms with Gasteiger partial charge in [-0.25, -0.2) is 4.79 Å². The van der Waals surface area contributed by atoms with Crippen LogP contribution in [-0.2, 0) is 9.59 Å². The van der Waals surface area contributed by atoms with E-state index in [0.29, 0.717) is 23.1 Å². The van der Waals surface area contributed by atoms with Gasteiger partial charge >= 0.3 is 6.03 Å². The second-order valence-corrected chi connectivity index (χ2v) is 7.13. The van der Waals surface area contributed by atoms with Crippen molar-refractivity contribution in [3.05, 3.63) is 29.8 Å². The van der Waals surface area contributed by atoms with Gasteiger partial charge in [-0.2, -0.15) is 5.26 Å². The number of fused-ring (bicyclic) bond motifs is 2. The normalized spacial score (nSPS) is 30.7. The molecule has 1 saturated heterocycles. The third kappa shape index (κ3) is 2.68. The van der Waals surface area contributed by atoms with Crippen molar-refractivity contribution < 1.29 is 14.4 Å². The van der Waals surface area contributed by atoms with Crippen molar-refractivity contribution in [3.8, 4) is 6.07 Å². The summed E-state index contributed by atoms with van der Waals surface area (Å²) in [5.74, 6) is -1.44. The average Bonchev–Trinajstić information content (AvgIpc) is 3.25. The molecule has 1 aromatic rings. The lowest BCUT2D eigenvalue weighted by molar-refractivity contribution is -0.141. The number of barbiturate groups is 1. The zero-order valence-electron chi connectivity index (χ0n) is 14.1. The maximum absolute atomic E-state index is 12.9. The van der Waals surface area contributed by atoms with Crippen LogP contribution >= 0.6 is 0 Å². The van der Waals surface area contributed by atoms with Crippen LogP contribution in [0.15, 0.2) is 29.3 Å². The van der Waals surface area contributed by atoms with Gasteiger partial charge in [-0.1, -0.05) is 18.6 Å². The smallest absolute Gasteiger partial charge is 0.277 e. The molecule has 3 fully saturated rings. The predicted molar refractivity (Wildman–Crippen MR) is 92.4 cm³/mol. The standard InChI is InChI=1S/C19H18N4O3/c20-9-13-3-1-2-4-15(13)21-10-14-17(24)22-19(26)23(18(14)25)16-8-11-5-6-12(16)7-11/h1-4,10-12,14,16H,5-8H2,(H,22,24,26)/t11-,12-,14-,16+/m0/s1. The average molecular weight is 350 g/mol. The maximum Gasteiger partial charge on any atom is 0.331 e. The summed E-state index contributed by atoms with van der Waals surface area (Å²) < 4.78 is 0.